The van der Waals surface area contributed by atoms with Gasteiger partial charge in [-0.2, -0.15) is 0 Å². The highest BCUT2D eigenvalue weighted by atomic mass is 16.5. The molecule has 1 saturated heterocycles. The van der Waals surface area contributed by atoms with E-state index < -0.39 is 0 Å². The second-order valence-corrected chi connectivity index (χ2v) is 4.07. The van der Waals surface area contributed by atoms with Gasteiger partial charge in [-0.1, -0.05) is 0 Å². The zero-order valence-corrected chi connectivity index (χ0v) is 9.30. The van der Waals surface area contributed by atoms with Gasteiger partial charge in [0.2, 0.25) is 11.8 Å². The summed E-state index contributed by atoms with van der Waals surface area (Å²) in [7, 11) is 0. The van der Waals surface area contributed by atoms with Crippen molar-refractivity contribution >= 4 is 5.69 Å². The average Bonchev–Trinajstić information content (AvgIpc) is 3.00. The zero-order chi connectivity index (χ0) is 11.7. The Morgan fingerprint density at radius 2 is 2.00 bits per heavy atom. The number of nitrogens with zero attached hydrogens (tertiary/aromatic N) is 2. The number of nitrogen functional groups attached to an aromatic ring is 1. The minimum Gasteiger partial charge on any atom is -0.418 e. The van der Waals surface area contributed by atoms with Gasteiger partial charge in [0.1, 0.15) is 6.10 Å². The van der Waals surface area contributed by atoms with Crippen LogP contribution < -0.4 is 5.73 Å². The Kier molecular flexibility index (Phi) is 2.53. The van der Waals surface area contributed by atoms with Crippen LogP contribution in [-0.4, -0.2) is 16.8 Å². The Morgan fingerprint density at radius 1 is 1.18 bits per heavy atom. The number of anilines is 1. The molecule has 0 amide bonds. The molecular weight excluding hydrogens is 218 g/mol. The molecule has 88 valence electrons. The molecule has 0 saturated carbocycles. The minimum atomic E-state index is -0.0370. The van der Waals surface area contributed by atoms with Crippen molar-refractivity contribution in [3.63, 3.8) is 0 Å². The molecule has 0 unspecified atom stereocenters. The number of hydrogen-bond donors (Lipinski definition) is 1. The van der Waals surface area contributed by atoms with Gasteiger partial charge in [0.25, 0.3) is 0 Å². The lowest BCUT2D eigenvalue weighted by Crippen LogP contribution is -1.95. The standard InChI is InChI=1S/C12H13N3O2/c13-9-5-3-8(4-6-9)11-14-15-12(17-11)10-2-1-7-16-10/h3-6,10H,1-2,7,13H2/t10-/m0/s1. The van der Waals surface area contributed by atoms with Crippen LogP contribution in [0.4, 0.5) is 5.69 Å². The van der Waals surface area contributed by atoms with E-state index in [2.05, 4.69) is 10.2 Å². The van der Waals surface area contributed by atoms with Gasteiger partial charge in [-0.3, -0.25) is 0 Å². The first-order valence-electron chi connectivity index (χ1n) is 5.64. The second-order valence-electron chi connectivity index (χ2n) is 4.07. The molecule has 2 N–H and O–H groups in total. The molecule has 1 aliphatic rings. The number of ether oxygens (including phenoxy) is 1. The summed E-state index contributed by atoms with van der Waals surface area (Å²) >= 11 is 0. The minimum absolute atomic E-state index is 0.0370. The van der Waals surface area contributed by atoms with E-state index >= 15 is 0 Å². The van der Waals surface area contributed by atoms with E-state index in [0.29, 0.717) is 17.5 Å². The molecule has 0 spiro atoms. The molecule has 0 radical (unpaired) electrons. The van der Waals surface area contributed by atoms with Crippen molar-refractivity contribution in [2.45, 2.75) is 18.9 Å². The van der Waals surface area contributed by atoms with Crippen molar-refractivity contribution in [1.82, 2.24) is 10.2 Å². The molecule has 17 heavy (non-hydrogen) atoms. The van der Waals surface area contributed by atoms with Gasteiger partial charge in [-0.15, -0.1) is 10.2 Å². The lowest BCUT2D eigenvalue weighted by atomic mass is 10.2. The van der Waals surface area contributed by atoms with Crippen LogP contribution >= 0.6 is 0 Å². The monoisotopic (exact) mass is 231 g/mol. The first-order valence-corrected chi connectivity index (χ1v) is 5.64. The maximum absolute atomic E-state index is 5.62. The predicted molar refractivity (Wildman–Crippen MR) is 62.1 cm³/mol. The van der Waals surface area contributed by atoms with Crippen LogP contribution in [0.5, 0.6) is 0 Å². The van der Waals surface area contributed by atoms with Crippen molar-refractivity contribution < 1.29 is 9.15 Å². The lowest BCUT2D eigenvalue weighted by Gasteiger charge is -2.01. The highest BCUT2D eigenvalue weighted by Crippen LogP contribution is 2.29. The van der Waals surface area contributed by atoms with Gasteiger partial charge >= 0.3 is 0 Å². The first-order chi connectivity index (χ1) is 8.33. The topological polar surface area (TPSA) is 74.2 Å². The molecule has 1 aliphatic heterocycles. The predicted octanol–water partition coefficient (Wildman–Crippen LogP) is 2.17. The summed E-state index contributed by atoms with van der Waals surface area (Å²) in [5.41, 5.74) is 7.21. The van der Waals surface area contributed by atoms with E-state index in [1.807, 2.05) is 24.3 Å². The summed E-state index contributed by atoms with van der Waals surface area (Å²) in [5, 5.41) is 8.05. The van der Waals surface area contributed by atoms with E-state index in [9.17, 15) is 0 Å². The first kappa shape index (κ1) is 10.3. The second kappa shape index (κ2) is 4.18. The van der Waals surface area contributed by atoms with E-state index in [-0.39, 0.29) is 6.10 Å². The number of aromatic nitrogens is 2. The van der Waals surface area contributed by atoms with Crippen molar-refractivity contribution in [1.29, 1.82) is 0 Å². The normalized spacial score (nSPS) is 19.6. The Morgan fingerprint density at radius 3 is 2.71 bits per heavy atom. The summed E-state index contributed by atoms with van der Waals surface area (Å²) in [5.74, 6) is 1.07. The van der Waals surface area contributed by atoms with Crippen LogP contribution in [0, 0.1) is 0 Å². The summed E-state index contributed by atoms with van der Waals surface area (Å²) in [6.07, 6.45) is 1.96. The molecule has 5 nitrogen and oxygen atoms in total. The number of benzene rings is 1. The van der Waals surface area contributed by atoms with Gasteiger partial charge in [0, 0.05) is 17.9 Å². The van der Waals surface area contributed by atoms with Gasteiger partial charge in [-0.25, -0.2) is 0 Å². The Bertz CT molecular complexity index is 501. The van der Waals surface area contributed by atoms with Crippen LogP contribution in [0.1, 0.15) is 24.8 Å². The molecule has 0 aliphatic carbocycles. The van der Waals surface area contributed by atoms with E-state index in [0.717, 1.165) is 25.0 Å². The smallest absolute Gasteiger partial charge is 0.247 e. The maximum atomic E-state index is 5.62. The molecule has 0 bridgehead atoms. The fourth-order valence-corrected chi connectivity index (χ4v) is 1.88. The number of hydrogen-bond acceptors (Lipinski definition) is 5. The van der Waals surface area contributed by atoms with Crippen LogP contribution in [0.15, 0.2) is 28.7 Å². The van der Waals surface area contributed by atoms with E-state index in [1.165, 1.54) is 0 Å². The number of rotatable bonds is 2. The average molecular weight is 231 g/mol. The van der Waals surface area contributed by atoms with Gasteiger partial charge in [0.15, 0.2) is 0 Å². The molecule has 1 fully saturated rings. The SMILES string of the molecule is Nc1ccc(-c2nnc([C@@H]3CCCO3)o2)cc1. The fourth-order valence-electron chi connectivity index (χ4n) is 1.88. The summed E-state index contributed by atoms with van der Waals surface area (Å²) in [6, 6.07) is 7.35. The molecular formula is C12H13N3O2. The largest absolute Gasteiger partial charge is 0.418 e. The highest BCUT2D eigenvalue weighted by Gasteiger charge is 2.23. The third-order valence-corrected chi connectivity index (χ3v) is 2.80. The highest BCUT2D eigenvalue weighted by molar-refractivity contribution is 5.56. The zero-order valence-electron chi connectivity index (χ0n) is 9.30. The maximum Gasteiger partial charge on any atom is 0.247 e. The third kappa shape index (κ3) is 2.01. The Labute approximate surface area is 98.6 Å². The summed E-state index contributed by atoms with van der Waals surface area (Å²) in [4.78, 5) is 0. The van der Waals surface area contributed by atoms with Crippen LogP contribution in [0.25, 0.3) is 11.5 Å². The van der Waals surface area contributed by atoms with Crippen LogP contribution in [0.2, 0.25) is 0 Å². The van der Waals surface area contributed by atoms with E-state index in [1.54, 1.807) is 0 Å². The van der Waals surface area contributed by atoms with Crippen molar-refractivity contribution in [2.75, 3.05) is 12.3 Å². The van der Waals surface area contributed by atoms with Gasteiger partial charge < -0.3 is 14.9 Å². The number of nitrogens with two attached hydrogens (primary N) is 1. The summed E-state index contributed by atoms with van der Waals surface area (Å²) in [6.45, 7) is 0.768. The molecule has 2 heterocycles. The van der Waals surface area contributed by atoms with Gasteiger partial charge in [-0.05, 0) is 37.1 Å². The van der Waals surface area contributed by atoms with E-state index in [4.69, 9.17) is 14.9 Å². The summed E-state index contributed by atoms with van der Waals surface area (Å²) < 4.78 is 11.1. The molecule has 1 atom stereocenters. The van der Waals surface area contributed by atoms with Gasteiger partial charge in [0.05, 0.1) is 0 Å². The quantitative estimate of drug-likeness (QED) is 0.802. The van der Waals surface area contributed by atoms with Crippen molar-refractivity contribution in [3.05, 3.63) is 30.2 Å². The molecule has 3 rings (SSSR count). The Balaban J connectivity index is 1.86. The van der Waals surface area contributed by atoms with Crippen molar-refractivity contribution in [3.8, 4) is 11.5 Å². The third-order valence-electron chi connectivity index (χ3n) is 2.80. The lowest BCUT2D eigenvalue weighted by molar-refractivity contribution is 0.0896. The van der Waals surface area contributed by atoms with Crippen LogP contribution in [-0.2, 0) is 4.74 Å². The molecule has 1 aromatic heterocycles. The Hall–Kier alpha value is -1.88. The fraction of sp³-hybridized carbons (Fsp3) is 0.333. The molecule has 1 aromatic carbocycles. The van der Waals surface area contributed by atoms with Crippen LogP contribution in [0.3, 0.4) is 0 Å². The van der Waals surface area contributed by atoms with Crippen molar-refractivity contribution in [2.24, 2.45) is 0 Å². The molecule has 5 heteroatoms. The molecule has 2 aromatic rings.